The number of aryl methyl sites for hydroxylation is 1. The highest BCUT2D eigenvalue weighted by molar-refractivity contribution is 7.80. The predicted octanol–water partition coefficient (Wildman–Crippen LogP) is 1.79. The molecule has 1 aromatic heterocycles. The van der Waals surface area contributed by atoms with Crippen molar-refractivity contribution >= 4 is 40.8 Å². The van der Waals surface area contributed by atoms with Gasteiger partial charge >= 0.3 is 0 Å². The first-order valence-electron chi connectivity index (χ1n) is 6.70. The van der Waals surface area contributed by atoms with Crippen molar-refractivity contribution in [2.75, 3.05) is 5.32 Å². The standard InChI is InChI=1S/C13H15ClN6OS/c1-2-7-20-18-12(17-19-20)16-13(22)15-11(21)8-9-3-5-10(14)6-4-9/h3-6H,2,7-8H2,1H3,(H2,15,16,18,21,22). The number of nitrogens with one attached hydrogen (secondary N) is 2. The van der Waals surface area contributed by atoms with Gasteiger partial charge in [0.05, 0.1) is 13.0 Å². The van der Waals surface area contributed by atoms with E-state index in [2.05, 4.69) is 26.0 Å². The number of rotatable bonds is 5. The number of tetrazole rings is 1. The Morgan fingerprint density at radius 1 is 1.36 bits per heavy atom. The summed E-state index contributed by atoms with van der Waals surface area (Å²) in [5.74, 6) is 0.0195. The van der Waals surface area contributed by atoms with Gasteiger partial charge < -0.3 is 5.32 Å². The number of halogens is 1. The molecule has 1 heterocycles. The molecule has 2 aromatic rings. The lowest BCUT2D eigenvalue weighted by molar-refractivity contribution is -0.119. The van der Waals surface area contributed by atoms with E-state index in [0.29, 0.717) is 11.6 Å². The van der Waals surface area contributed by atoms with Gasteiger partial charge in [0.2, 0.25) is 5.91 Å². The van der Waals surface area contributed by atoms with Crippen molar-refractivity contribution in [1.29, 1.82) is 0 Å². The normalized spacial score (nSPS) is 10.3. The molecule has 0 radical (unpaired) electrons. The van der Waals surface area contributed by atoms with Gasteiger partial charge in [0, 0.05) is 5.02 Å². The number of aromatic nitrogens is 4. The van der Waals surface area contributed by atoms with Crippen LogP contribution in [-0.2, 0) is 17.8 Å². The number of anilines is 1. The Morgan fingerprint density at radius 3 is 2.77 bits per heavy atom. The molecule has 0 saturated carbocycles. The highest BCUT2D eigenvalue weighted by Crippen LogP contribution is 2.09. The minimum Gasteiger partial charge on any atom is -0.303 e. The molecule has 0 aliphatic heterocycles. The number of amides is 1. The zero-order chi connectivity index (χ0) is 15.9. The molecule has 0 aliphatic rings. The van der Waals surface area contributed by atoms with Crippen LogP contribution in [0.15, 0.2) is 24.3 Å². The first-order chi connectivity index (χ1) is 10.6. The lowest BCUT2D eigenvalue weighted by Gasteiger charge is -2.06. The molecule has 0 aliphatic carbocycles. The van der Waals surface area contributed by atoms with E-state index in [0.717, 1.165) is 12.0 Å². The largest absolute Gasteiger partial charge is 0.303 e. The van der Waals surface area contributed by atoms with Gasteiger partial charge in [0.25, 0.3) is 5.95 Å². The fourth-order valence-corrected chi connectivity index (χ4v) is 2.01. The summed E-state index contributed by atoms with van der Waals surface area (Å²) in [5, 5.41) is 17.8. The van der Waals surface area contributed by atoms with Gasteiger partial charge in [0.15, 0.2) is 5.11 Å². The van der Waals surface area contributed by atoms with Crippen LogP contribution in [-0.4, -0.2) is 31.2 Å². The molecular formula is C13H15ClN6OS. The van der Waals surface area contributed by atoms with Crippen molar-refractivity contribution in [3.8, 4) is 0 Å². The fraction of sp³-hybridized carbons (Fsp3) is 0.308. The Morgan fingerprint density at radius 2 is 2.09 bits per heavy atom. The fourth-order valence-electron chi connectivity index (χ4n) is 1.68. The number of carbonyl (C=O) groups excluding carboxylic acids is 1. The minimum absolute atomic E-state index is 0.134. The maximum atomic E-state index is 11.9. The maximum absolute atomic E-state index is 11.9. The van der Waals surface area contributed by atoms with Gasteiger partial charge in [-0.25, -0.2) is 0 Å². The van der Waals surface area contributed by atoms with Crippen LogP contribution in [0.5, 0.6) is 0 Å². The van der Waals surface area contributed by atoms with E-state index < -0.39 is 0 Å². The summed E-state index contributed by atoms with van der Waals surface area (Å²) in [4.78, 5) is 13.3. The summed E-state index contributed by atoms with van der Waals surface area (Å²) in [7, 11) is 0. The molecule has 1 amide bonds. The molecular weight excluding hydrogens is 324 g/mol. The van der Waals surface area contributed by atoms with E-state index in [4.69, 9.17) is 23.8 Å². The summed E-state index contributed by atoms with van der Waals surface area (Å²) in [5.41, 5.74) is 0.844. The summed E-state index contributed by atoms with van der Waals surface area (Å²) >= 11 is 10.8. The second-order valence-corrected chi connectivity index (χ2v) is 5.36. The summed E-state index contributed by atoms with van der Waals surface area (Å²) in [6.07, 6.45) is 1.10. The number of benzene rings is 1. The number of hydrogen-bond donors (Lipinski definition) is 2. The number of nitrogens with zero attached hydrogens (tertiary/aromatic N) is 4. The highest BCUT2D eigenvalue weighted by Gasteiger charge is 2.09. The molecule has 2 rings (SSSR count). The molecule has 1 aromatic carbocycles. The van der Waals surface area contributed by atoms with E-state index in [1.807, 2.05) is 6.92 Å². The van der Waals surface area contributed by atoms with E-state index >= 15 is 0 Å². The van der Waals surface area contributed by atoms with Gasteiger partial charge in [-0.1, -0.05) is 35.8 Å². The average Bonchev–Trinajstić information content (AvgIpc) is 2.88. The summed E-state index contributed by atoms with van der Waals surface area (Å²) in [6.45, 7) is 2.68. The van der Waals surface area contributed by atoms with Crippen LogP contribution in [0.2, 0.25) is 5.02 Å². The minimum atomic E-state index is -0.235. The number of hydrogen-bond acceptors (Lipinski definition) is 5. The molecule has 0 bridgehead atoms. The third-order valence-electron chi connectivity index (χ3n) is 2.63. The van der Waals surface area contributed by atoms with Crippen LogP contribution in [0.25, 0.3) is 0 Å². The third-order valence-corrected chi connectivity index (χ3v) is 3.09. The zero-order valence-electron chi connectivity index (χ0n) is 11.9. The lowest BCUT2D eigenvalue weighted by Crippen LogP contribution is -2.35. The SMILES string of the molecule is CCCn1nnc(NC(=S)NC(=O)Cc2ccc(Cl)cc2)n1. The van der Waals surface area contributed by atoms with E-state index in [1.165, 1.54) is 4.80 Å². The molecule has 0 fully saturated rings. The van der Waals surface area contributed by atoms with Gasteiger partial charge in [-0.2, -0.15) is 4.80 Å². The molecule has 2 N–H and O–H groups in total. The number of carbonyl (C=O) groups is 1. The van der Waals surface area contributed by atoms with Crippen molar-refractivity contribution in [1.82, 2.24) is 25.5 Å². The van der Waals surface area contributed by atoms with Crippen LogP contribution < -0.4 is 10.6 Å². The van der Waals surface area contributed by atoms with Crippen LogP contribution in [0.1, 0.15) is 18.9 Å². The second-order valence-electron chi connectivity index (χ2n) is 4.51. The lowest BCUT2D eigenvalue weighted by atomic mass is 10.1. The first kappa shape index (κ1) is 16.3. The Kier molecular flexibility index (Phi) is 5.79. The molecule has 0 atom stereocenters. The maximum Gasteiger partial charge on any atom is 0.269 e. The average molecular weight is 339 g/mol. The van der Waals surface area contributed by atoms with E-state index in [1.54, 1.807) is 24.3 Å². The Labute approximate surface area is 138 Å². The molecule has 22 heavy (non-hydrogen) atoms. The third kappa shape index (κ3) is 5.05. The topological polar surface area (TPSA) is 84.7 Å². The van der Waals surface area contributed by atoms with Crippen molar-refractivity contribution in [3.63, 3.8) is 0 Å². The molecule has 0 unspecified atom stereocenters. The first-order valence-corrected chi connectivity index (χ1v) is 7.48. The summed E-state index contributed by atoms with van der Waals surface area (Å²) < 4.78 is 0. The zero-order valence-corrected chi connectivity index (χ0v) is 13.5. The highest BCUT2D eigenvalue weighted by atomic mass is 35.5. The molecule has 116 valence electrons. The predicted molar refractivity (Wildman–Crippen MR) is 87.6 cm³/mol. The Balaban J connectivity index is 1.82. The summed E-state index contributed by atoms with van der Waals surface area (Å²) in [6, 6.07) is 7.04. The van der Waals surface area contributed by atoms with Crippen molar-refractivity contribution in [2.45, 2.75) is 26.3 Å². The Hall–Kier alpha value is -2.06. The molecule has 0 saturated heterocycles. The monoisotopic (exact) mass is 338 g/mol. The number of thiocarbonyl (C=S) groups is 1. The van der Waals surface area contributed by atoms with Crippen LogP contribution in [0.4, 0.5) is 5.95 Å². The van der Waals surface area contributed by atoms with Crippen molar-refractivity contribution in [3.05, 3.63) is 34.9 Å². The van der Waals surface area contributed by atoms with Gasteiger partial charge in [-0.15, -0.1) is 5.10 Å². The van der Waals surface area contributed by atoms with E-state index in [-0.39, 0.29) is 23.4 Å². The van der Waals surface area contributed by atoms with Gasteiger partial charge in [-0.3, -0.25) is 10.1 Å². The second kappa shape index (κ2) is 7.81. The van der Waals surface area contributed by atoms with E-state index in [9.17, 15) is 4.79 Å². The Bertz CT molecular complexity index is 657. The molecule has 9 heteroatoms. The van der Waals surface area contributed by atoms with Crippen LogP contribution in [0, 0.1) is 0 Å². The van der Waals surface area contributed by atoms with Gasteiger partial charge in [-0.05, 0) is 41.5 Å². The van der Waals surface area contributed by atoms with Crippen LogP contribution >= 0.6 is 23.8 Å². The van der Waals surface area contributed by atoms with Crippen LogP contribution in [0.3, 0.4) is 0 Å². The molecule has 7 nitrogen and oxygen atoms in total. The quantitative estimate of drug-likeness (QED) is 0.809. The van der Waals surface area contributed by atoms with Gasteiger partial charge in [0.1, 0.15) is 0 Å². The van der Waals surface area contributed by atoms with Crippen molar-refractivity contribution < 1.29 is 4.79 Å². The smallest absolute Gasteiger partial charge is 0.269 e. The molecule has 0 spiro atoms. The van der Waals surface area contributed by atoms with Crippen molar-refractivity contribution in [2.24, 2.45) is 0 Å².